The Morgan fingerprint density at radius 2 is 2.04 bits per heavy atom. The lowest BCUT2D eigenvalue weighted by molar-refractivity contribution is -0.0213. The number of benzene rings is 1. The van der Waals surface area contributed by atoms with Crippen LogP contribution >= 0.6 is 11.3 Å². The van der Waals surface area contributed by atoms with Crippen molar-refractivity contribution in [3.63, 3.8) is 0 Å². The second-order valence-corrected chi connectivity index (χ2v) is 6.68. The Kier molecular flexibility index (Phi) is 3.30. The van der Waals surface area contributed by atoms with Crippen molar-refractivity contribution in [1.82, 2.24) is 15.1 Å². The molecule has 0 saturated carbocycles. The molecule has 0 N–H and O–H groups in total. The molecule has 1 unspecified atom stereocenters. The lowest BCUT2D eigenvalue weighted by atomic mass is 10.1. The quantitative estimate of drug-likeness (QED) is 0.735. The number of nitrogens with zero attached hydrogens (tertiary/aromatic N) is 3. The van der Waals surface area contributed by atoms with Gasteiger partial charge in [0.2, 0.25) is 5.60 Å². The summed E-state index contributed by atoms with van der Waals surface area (Å²) in [6.07, 6.45) is 0.543. The zero-order valence-corrected chi connectivity index (χ0v) is 13.6. The molecular weight excluding hydrogens is 314 g/mol. The van der Waals surface area contributed by atoms with Crippen molar-refractivity contribution in [3.8, 4) is 11.5 Å². The van der Waals surface area contributed by atoms with Crippen LogP contribution in [-0.4, -0.2) is 21.7 Å². The first-order valence-corrected chi connectivity index (χ1v) is 8.15. The summed E-state index contributed by atoms with van der Waals surface area (Å²) in [7, 11) is 0. The molecule has 1 atom stereocenters. The van der Waals surface area contributed by atoms with Crippen molar-refractivity contribution in [1.29, 1.82) is 0 Å². The number of fused-ring (bicyclic) bond motifs is 1. The van der Waals surface area contributed by atoms with Gasteiger partial charge in [-0.05, 0) is 26.0 Å². The first kappa shape index (κ1) is 14.2. The van der Waals surface area contributed by atoms with Crippen molar-refractivity contribution in [3.05, 3.63) is 52.1 Å². The number of rotatable bonds is 3. The molecule has 3 aromatic rings. The third-order valence-corrected chi connectivity index (χ3v) is 4.44. The maximum atomic E-state index is 6.04. The molecule has 1 aliphatic rings. The Hall–Kier alpha value is -2.41. The van der Waals surface area contributed by atoms with E-state index >= 15 is 0 Å². The van der Waals surface area contributed by atoms with Gasteiger partial charge in [0, 0.05) is 5.38 Å². The van der Waals surface area contributed by atoms with E-state index in [9.17, 15) is 0 Å². The monoisotopic (exact) mass is 329 g/mol. The summed E-state index contributed by atoms with van der Waals surface area (Å²) >= 11 is 1.61. The molecule has 0 aliphatic carbocycles. The van der Waals surface area contributed by atoms with Crippen molar-refractivity contribution in [2.24, 2.45) is 0 Å². The first-order chi connectivity index (χ1) is 11.1. The topological polar surface area (TPSA) is 70.3 Å². The molecule has 4 rings (SSSR count). The highest BCUT2D eigenvalue weighted by atomic mass is 32.1. The summed E-state index contributed by atoms with van der Waals surface area (Å²) in [4.78, 5) is 8.88. The van der Waals surface area contributed by atoms with Crippen molar-refractivity contribution >= 4 is 11.3 Å². The van der Waals surface area contributed by atoms with Crippen LogP contribution in [0.3, 0.4) is 0 Å². The zero-order chi connectivity index (χ0) is 15.9. The summed E-state index contributed by atoms with van der Waals surface area (Å²) in [6, 6.07) is 7.55. The van der Waals surface area contributed by atoms with Crippen molar-refractivity contribution < 1.29 is 14.0 Å². The number of thiazole rings is 1. The minimum Gasteiger partial charge on any atom is -0.485 e. The van der Waals surface area contributed by atoms with E-state index in [1.54, 1.807) is 11.3 Å². The summed E-state index contributed by atoms with van der Waals surface area (Å²) in [5.74, 6) is 2.40. The van der Waals surface area contributed by atoms with Crippen molar-refractivity contribution in [2.45, 2.75) is 25.9 Å². The van der Waals surface area contributed by atoms with Crippen LogP contribution in [0.25, 0.3) is 0 Å². The summed E-state index contributed by atoms with van der Waals surface area (Å²) < 4.78 is 17.2. The van der Waals surface area contributed by atoms with E-state index in [2.05, 4.69) is 15.1 Å². The lowest BCUT2D eigenvalue weighted by Crippen LogP contribution is -2.39. The molecule has 1 aromatic carbocycles. The molecular formula is C16H15N3O3S. The van der Waals surface area contributed by atoms with Crippen LogP contribution in [0.15, 0.2) is 34.2 Å². The molecule has 0 saturated heterocycles. The second-order valence-electron chi connectivity index (χ2n) is 5.62. The molecule has 23 heavy (non-hydrogen) atoms. The Bertz CT molecular complexity index is 844. The maximum Gasteiger partial charge on any atom is 0.274 e. The largest absolute Gasteiger partial charge is 0.485 e. The van der Waals surface area contributed by atoms with Gasteiger partial charge in [0.25, 0.3) is 5.89 Å². The molecule has 3 heterocycles. The van der Waals surface area contributed by atoms with Gasteiger partial charge in [-0.3, -0.25) is 0 Å². The molecule has 0 bridgehead atoms. The maximum absolute atomic E-state index is 6.04. The molecule has 6 nitrogen and oxygen atoms in total. The molecule has 7 heteroatoms. The van der Waals surface area contributed by atoms with Gasteiger partial charge in [0.05, 0.1) is 17.1 Å². The number of hydrogen-bond acceptors (Lipinski definition) is 7. The molecule has 0 spiro atoms. The Labute approximate surface area is 137 Å². The van der Waals surface area contributed by atoms with Crippen LogP contribution in [0.1, 0.15) is 29.3 Å². The van der Waals surface area contributed by atoms with Gasteiger partial charge in [-0.2, -0.15) is 4.98 Å². The summed E-state index contributed by atoms with van der Waals surface area (Å²) in [6.45, 7) is 4.18. The van der Waals surface area contributed by atoms with E-state index in [1.165, 1.54) is 0 Å². The Morgan fingerprint density at radius 1 is 1.22 bits per heavy atom. The average molecular weight is 329 g/mol. The highest BCUT2D eigenvalue weighted by Gasteiger charge is 2.40. The van der Waals surface area contributed by atoms with Gasteiger partial charge in [0.1, 0.15) is 6.61 Å². The van der Waals surface area contributed by atoms with Crippen LogP contribution in [0.4, 0.5) is 0 Å². The molecule has 0 radical (unpaired) electrons. The van der Waals surface area contributed by atoms with E-state index in [0.717, 1.165) is 16.5 Å². The van der Waals surface area contributed by atoms with E-state index in [0.29, 0.717) is 30.5 Å². The van der Waals surface area contributed by atoms with E-state index in [4.69, 9.17) is 14.0 Å². The SMILES string of the molecule is Cc1nc(Cc2noc(C3(C)COc4ccccc4O3)n2)cs1. The second kappa shape index (κ2) is 5.34. The minimum atomic E-state index is -0.794. The van der Waals surface area contributed by atoms with Crippen LogP contribution in [0.5, 0.6) is 11.5 Å². The fourth-order valence-corrected chi connectivity index (χ4v) is 3.05. The number of hydrogen-bond donors (Lipinski definition) is 0. The third kappa shape index (κ3) is 2.68. The predicted molar refractivity (Wildman–Crippen MR) is 83.9 cm³/mol. The van der Waals surface area contributed by atoms with E-state index in [-0.39, 0.29) is 0 Å². The fourth-order valence-electron chi connectivity index (χ4n) is 2.44. The standard InChI is InChI=1S/C16H15N3O3S/c1-10-17-11(8-23-10)7-14-18-15(22-19-14)16(2)9-20-12-5-3-4-6-13(12)21-16/h3-6,8H,7,9H2,1-2H3. The molecule has 0 fully saturated rings. The molecule has 2 aromatic heterocycles. The molecule has 0 amide bonds. The van der Waals surface area contributed by atoms with Gasteiger partial charge in [-0.25, -0.2) is 4.98 Å². The van der Waals surface area contributed by atoms with Gasteiger partial charge >= 0.3 is 0 Å². The average Bonchev–Trinajstić information content (AvgIpc) is 3.17. The first-order valence-electron chi connectivity index (χ1n) is 7.27. The third-order valence-electron chi connectivity index (χ3n) is 3.61. The number of aromatic nitrogens is 3. The minimum absolute atomic E-state index is 0.321. The van der Waals surface area contributed by atoms with Crippen LogP contribution < -0.4 is 9.47 Å². The van der Waals surface area contributed by atoms with E-state index in [1.807, 2.05) is 43.5 Å². The summed E-state index contributed by atoms with van der Waals surface area (Å²) in [5.41, 5.74) is 0.147. The van der Waals surface area contributed by atoms with Gasteiger partial charge in [-0.1, -0.05) is 17.3 Å². The highest BCUT2D eigenvalue weighted by molar-refractivity contribution is 7.09. The normalized spacial score (nSPS) is 19.7. The van der Waals surface area contributed by atoms with Crippen LogP contribution in [-0.2, 0) is 12.0 Å². The van der Waals surface area contributed by atoms with Crippen molar-refractivity contribution in [2.75, 3.05) is 6.61 Å². The number of ether oxygens (including phenoxy) is 2. The lowest BCUT2D eigenvalue weighted by Gasteiger charge is -2.32. The fraction of sp³-hybridized carbons (Fsp3) is 0.312. The number of aryl methyl sites for hydroxylation is 1. The smallest absolute Gasteiger partial charge is 0.274 e. The predicted octanol–water partition coefficient (Wildman–Crippen LogP) is 3.11. The van der Waals surface area contributed by atoms with Gasteiger partial charge in [0.15, 0.2) is 17.3 Å². The highest BCUT2D eigenvalue weighted by Crippen LogP contribution is 2.38. The van der Waals surface area contributed by atoms with Crippen LogP contribution in [0.2, 0.25) is 0 Å². The van der Waals surface area contributed by atoms with Crippen LogP contribution in [0, 0.1) is 6.92 Å². The molecule has 118 valence electrons. The Balaban J connectivity index is 1.57. The van der Waals surface area contributed by atoms with Gasteiger partial charge < -0.3 is 14.0 Å². The van der Waals surface area contributed by atoms with E-state index < -0.39 is 5.60 Å². The zero-order valence-electron chi connectivity index (χ0n) is 12.8. The summed E-state index contributed by atoms with van der Waals surface area (Å²) in [5, 5.41) is 7.07. The number of para-hydroxylation sites is 2. The Morgan fingerprint density at radius 3 is 2.83 bits per heavy atom. The van der Waals surface area contributed by atoms with Gasteiger partial charge in [-0.15, -0.1) is 11.3 Å². The molecule has 1 aliphatic heterocycles.